The Morgan fingerprint density at radius 1 is 0.643 bits per heavy atom. The van der Waals surface area contributed by atoms with Crippen LogP contribution < -0.4 is 0 Å². The largest absolute Gasteiger partial charge is 0.506 e. The molecule has 28 heavy (non-hydrogen) atoms. The summed E-state index contributed by atoms with van der Waals surface area (Å²) in [6.07, 6.45) is 14.2. The van der Waals surface area contributed by atoms with Crippen LogP contribution in [-0.2, 0) is 6.42 Å². The van der Waals surface area contributed by atoms with Gasteiger partial charge in [-0.15, -0.1) is 10.2 Å². The van der Waals surface area contributed by atoms with Crippen molar-refractivity contribution >= 4 is 11.4 Å². The van der Waals surface area contributed by atoms with E-state index in [1.165, 1.54) is 57.8 Å². The second-order valence-electron chi connectivity index (χ2n) is 7.44. The van der Waals surface area contributed by atoms with Crippen molar-refractivity contribution in [1.29, 1.82) is 0 Å². The first-order chi connectivity index (χ1) is 13.7. The molecule has 152 valence electrons. The molecule has 0 spiro atoms. The molecule has 0 aliphatic heterocycles. The molecule has 4 nitrogen and oxygen atoms in total. The minimum atomic E-state index is 0.0762. The van der Waals surface area contributed by atoms with Crippen LogP contribution in [0.5, 0.6) is 11.5 Å². The number of azo groups is 1. The summed E-state index contributed by atoms with van der Waals surface area (Å²) < 4.78 is 0. The van der Waals surface area contributed by atoms with E-state index in [2.05, 4.69) is 17.2 Å². The second kappa shape index (κ2) is 12.9. The smallest absolute Gasteiger partial charge is 0.143 e. The number of rotatable bonds is 13. The van der Waals surface area contributed by atoms with Gasteiger partial charge in [0.15, 0.2) is 0 Å². The van der Waals surface area contributed by atoms with Crippen LogP contribution >= 0.6 is 0 Å². The van der Waals surface area contributed by atoms with Crippen LogP contribution in [0.4, 0.5) is 11.4 Å². The third-order valence-electron chi connectivity index (χ3n) is 5.01. The molecule has 0 aromatic heterocycles. The van der Waals surface area contributed by atoms with E-state index in [1.54, 1.807) is 30.3 Å². The van der Waals surface area contributed by atoms with Crippen molar-refractivity contribution in [2.75, 3.05) is 0 Å². The molecule has 0 unspecified atom stereocenters. The quantitative estimate of drug-likeness (QED) is 0.272. The molecule has 0 heterocycles. The first-order valence-electron chi connectivity index (χ1n) is 10.7. The first kappa shape index (κ1) is 21.9. The Labute approximate surface area is 169 Å². The summed E-state index contributed by atoms with van der Waals surface area (Å²) in [5, 5.41) is 27.9. The fourth-order valence-electron chi connectivity index (χ4n) is 3.28. The highest BCUT2D eigenvalue weighted by atomic mass is 16.3. The van der Waals surface area contributed by atoms with Gasteiger partial charge in [-0.2, -0.15) is 0 Å². The molecule has 0 saturated carbocycles. The SMILES string of the molecule is CCCCCCCCCCCCc1ccc(O)c(/N=N/c2ccccc2O)c1. The van der Waals surface area contributed by atoms with Gasteiger partial charge in [0, 0.05) is 0 Å². The van der Waals surface area contributed by atoms with Gasteiger partial charge in [-0.05, 0) is 42.7 Å². The number of para-hydroxylation sites is 1. The Balaban J connectivity index is 1.72. The van der Waals surface area contributed by atoms with Crippen LogP contribution in [0.2, 0.25) is 0 Å². The fourth-order valence-corrected chi connectivity index (χ4v) is 3.28. The predicted octanol–water partition coefficient (Wildman–Crippen LogP) is 7.98. The lowest BCUT2D eigenvalue weighted by Gasteiger charge is -2.05. The van der Waals surface area contributed by atoms with Gasteiger partial charge >= 0.3 is 0 Å². The summed E-state index contributed by atoms with van der Waals surface area (Å²) in [6.45, 7) is 2.26. The zero-order valence-electron chi connectivity index (χ0n) is 17.1. The van der Waals surface area contributed by atoms with E-state index in [0.717, 1.165) is 18.4 Å². The first-order valence-corrected chi connectivity index (χ1v) is 10.7. The van der Waals surface area contributed by atoms with Crippen molar-refractivity contribution in [1.82, 2.24) is 0 Å². The molecule has 0 bridgehead atoms. The number of nitrogens with zero attached hydrogens (tertiary/aromatic N) is 2. The summed E-state index contributed by atoms with van der Waals surface area (Å²) in [4.78, 5) is 0. The molecule has 0 radical (unpaired) electrons. The van der Waals surface area contributed by atoms with Gasteiger partial charge in [0.25, 0.3) is 0 Å². The predicted molar refractivity (Wildman–Crippen MR) is 116 cm³/mol. The maximum absolute atomic E-state index is 10.0. The van der Waals surface area contributed by atoms with Crippen LogP contribution in [0.15, 0.2) is 52.7 Å². The van der Waals surface area contributed by atoms with Crippen molar-refractivity contribution in [3.8, 4) is 11.5 Å². The summed E-state index contributed by atoms with van der Waals surface area (Å²) in [5.41, 5.74) is 1.98. The standard InChI is InChI=1S/C24H34N2O2/c1-2-3-4-5-6-7-8-9-10-11-14-20-17-18-24(28)22(19-20)26-25-21-15-12-13-16-23(21)27/h12-13,15-19,27-28H,2-11,14H2,1H3/b26-25+. The van der Waals surface area contributed by atoms with E-state index in [0.29, 0.717) is 11.4 Å². The van der Waals surface area contributed by atoms with Crippen molar-refractivity contribution in [2.24, 2.45) is 10.2 Å². The van der Waals surface area contributed by atoms with Gasteiger partial charge in [0.05, 0.1) is 0 Å². The maximum Gasteiger partial charge on any atom is 0.143 e. The van der Waals surface area contributed by atoms with Crippen molar-refractivity contribution in [3.63, 3.8) is 0 Å². The van der Waals surface area contributed by atoms with Crippen LogP contribution in [0.1, 0.15) is 76.7 Å². The van der Waals surface area contributed by atoms with E-state index in [9.17, 15) is 10.2 Å². The van der Waals surface area contributed by atoms with Crippen LogP contribution in [0.3, 0.4) is 0 Å². The molecule has 4 heteroatoms. The monoisotopic (exact) mass is 382 g/mol. The van der Waals surface area contributed by atoms with Crippen molar-refractivity contribution < 1.29 is 10.2 Å². The average molecular weight is 383 g/mol. The van der Waals surface area contributed by atoms with Gasteiger partial charge < -0.3 is 10.2 Å². The van der Waals surface area contributed by atoms with Gasteiger partial charge in [-0.3, -0.25) is 0 Å². The lowest BCUT2D eigenvalue weighted by Crippen LogP contribution is -1.87. The van der Waals surface area contributed by atoms with Crippen molar-refractivity contribution in [3.05, 3.63) is 48.0 Å². The Kier molecular flexibility index (Phi) is 10.1. The summed E-state index contributed by atoms with van der Waals surface area (Å²) in [6, 6.07) is 12.3. The minimum Gasteiger partial charge on any atom is -0.506 e. The van der Waals surface area contributed by atoms with E-state index < -0.39 is 0 Å². The van der Waals surface area contributed by atoms with E-state index in [1.807, 2.05) is 12.1 Å². The Morgan fingerprint density at radius 2 is 1.21 bits per heavy atom. The maximum atomic E-state index is 10.0. The molecule has 0 atom stereocenters. The van der Waals surface area contributed by atoms with Crippen LogP contribution in [0.25, 0.3) is 0 Å². The van der Waals surface area contributed by atoms with Crippen LogP contribution in [0, 0.1) is 0 Å². The highest BCUT2D eigenvalue weighted by Crippen LogP contribution is 2.32. The molecular weight excluding hydrogens is 348 g/mol. The summed E-state index contributed by atoms with van der Waals surface area (Å²) in [5.74, 6) is 0.179. The summed E-state index contributed by atoms with van der Waals surface area (Å²) in [7, 11) is 0. The average Bonchev–Trinajstić information content (AvgIpc) is 2.70. The third-order valence-corrected chi connectivity index (χ3v) is 5.01. The zero-order chi connectivity index (χ0) is 20.0. The molecule has 0 fully saturated rings. The molecule has 0 aliphatic rings. The Morgan fingerprint density at radius 3 is 1.89 bits per heavy atom. The molecule has 2 rings (SSSR count). The number of phenols is 2. The number of hydrogen-bond donors (Lipinski definition) is 2. The minimum absolute atomic E-state index is 0.0762. The molecule has 0 saturated heterocycles. The molecule has 2 N–H and O–H groups in total. The Bertz CT molecular complexity index is 728. The number of hydrogen-bond acceptors (Lipinski definition) is 4. The number of phenolic OH excluding ortho intramolecular Hbond substituents is 2. The molecule has 2 aromatic rings. The lowest BCUT2D eigenvalue weighted by molar-refractivity contribution is 0.473. The van der Waals surface area contributed by atoms with Gasteiger partial charge in [0.1, 0.15) is 22.9 Å². The highest BCUT2D eigenvalue weighted by molar-refractivity contribution is 5.54. The Hall–Kier alpha value is -2.36. The molecule has 0 amide bonds. The molecule has 2 aromatic carbocycles. The van der Waals surface area contributed by atoms with Gasteiger partial charge in [0.2, 0.25) is 0 Å². The summed E-state index contributed by atoms with van der Waals surface area (Å²) >= 11 is 0. The third kappa shape index (κ3) is 8.12. The van der Waals surface area contributed by atoms with E-state index in [-0.39, 0.29) is 11.5 Å². The molecular formula is C24H34N2O2. The van der Waals surface area contributed by atoms with E-state index in [4.69, 9.17) is 0 Å². The number of unbranched alkanes of at least 4 members (excludes halogenated alkanes) is 9. The number of benzene rings is 2. The normalized spacial score (nSPS) is 11.3. The topological polar surface area (TPSA) is 65.2 Å². The highest BCUT2D eigenvalue weighted by Gasteiger charge is 2.04. The molecule has 0 aliphatic carbocycles. The number of aromatic hydroxyl groups is 2. The van der Waals surface area contributed by atoms with Gasteiger partial charge in [-0.25, -0.2) is 0 Å². The number of aryl methyl sites for hydroxylation is 1. The zero-order valence-corrected chi connectivity index (χ0v) is 17.1. The lowest BCUT2D eigenvalue weighted by atomic mass is 10.0. The van der Waals surface area contributed by atoms with Gasteiger partial charge in [-0.1, -0.05) is 82.9 Å². The van der Waals surface area contributed by atoms with Crippen molar-refractivity contribution in [2.45, 2.75) is 77.6 Å². The van der Waals surface area contributed by atoms with Crippen LogP contribution in [-0.4, -0.2) is 10.2 Å². The van der Waals surface area contributed by atoms with E-state index >= 15 is 0 Å². The second-order valence-corrected chi connectivity index (χ2v) is 7.44. The fraction of sp³-hybridized carbons (Fsp3) is 0.500.